The number of aliphatic hydroxyl groups is 1. The molecule has 0 saturated carbocycles. The van der Waals surface area contributed by atoms with Crippen molar-refractivity contribution in [2.75, 3.05) is 0 Å². The van der Waals surface area contributed by atoms with E-state index in [1.807, 2.05) is 60.7 Å². The fourth-order valence-electron chi connectivity index (χ4n) is 2.13. The Hall–Kier alpha value is -2.46. The molecule has 1 N–H and O–H groups in total. The van der Waals surface area contributed by atoms with Crippen LogP contribution in [0.5, 0.6) is 0 Å². The van der Waals surface area contributed by atoms with E-state index in [4.69, 9.17) is 4.63 Å². The molecule has 4 nitrogen and oxygen atoms in total. The van der Waals surface area contributed by atoms with Gasteiger partial charge in [-0.05, 0) is 10.7 Å². The van der Waals surface area contributed by atoms with Crippen molar-refractivity contribution < 1.29 is 9.74 Å². The predicted molar refractivity (Wildman–Crippen MR) is 74.8 cm³/mol. The SMILES string of the molecule is OC(Cc1nonc1-c1ccccc1)c1ccccc1. The number of nitrogens with zero attached hydrogens (tertiary/aromatic N) is 2. The maximum Gasteiger partial charge on any atom is 0.138 e. The van der Waals surface area contributed by atoms with Crippen LogP contribution in [0.25, 0.3) is 11.3 Å². The first kappa shape index (κ1) is 12.6. The minimum absolute atomic E-state index is 0.373. The fraction of sp³-hybridized carbons (Fsp3) is 0.125. The van der Waals surface area contributed by atoms with E-state index in [1.54, 1.807) is 0 Å². The smallest absolute Gasteiger partial charge is 0.138 e. The lowest BCUT2D eigenvalue weighted by atomic mass is 10.0. The van der Waals surface area contributed by atoms with Crippen LogP contribution in [0.3, 0.4) is 0 Å². The molecule has 3 aromatic rings. The van der Waals surface area contributed by atoms with Crippen molar-refractivity contribution in [1.29, 1.82) is 0 Å². The van der Waals surface area contributed by atoms with E-state index in [2.05, 4.69) is 10.3 Å². The number of aromatic nitrogens is 2. The van der Waals surface area contributed by atoms with Crippen molar-refractivity contribution in [2.45, 2.75) is 12.5 Å². The van der Waals surface area contributed by atoms with Gasteiger partial charge in [-0.3, -0.25) is 0 Å². The zero-order valence-corrected chi connectivity index (χ0v) is 10.8. The summed E-state index contributed by atoms with van der Waals surface area (Å²) in [4.78, 5) is 0. The van der Waals surface area contributed by atoms with E-state index in [-0.39, 0.29) is 0 Å². The zero-order chi connectivity index (χ0) is 13.8. The second-order valence-corrected chi connectivity index (χ2v) is 4.56. The van der Waals surface area contributed by atoms with Gasteiger partial charge in [0.2, 0.25) is 0 Å². The maximum atomic E-state index is 10.3. The average Bonchev–Trinajstić information content (AvgIpc) is 2.97. The molecular formula is C16H14N2O2. The first-order valence-corrected chi connectivity index (χ1v) is 6.44. The Morgan fingerprint density at radius 2 is 1.55 bits per heavy atom. The van der Waals surface area contributed by atoms with E-state index in [1.165, 1.54) is 0 Å². The molecule has 1 unspecified atom stereocenters. The van der Waals surface area contributed by atoms with E-state index < -0.39 is 6.10 Å². The maximum absolute atomic E-state index is 10.3. The van der Waals surface area contributed by atoms with Gasteiger partial charge in [-0.25, -0.2) is 4.63 Å². The van der Waals surface area contributed by atoms with Crippen LogP contribution in [0.1, 0.15) is 17.4 Å². The van der Waals surface area contributed by atoms with Gasteiger partial charge in [-0.1, -0.05) is 65.8 Å². The quantitative estimate of drug-likeness (QED) is 0.788. The number of hydrogen-bond donors (Lipinski definition) is 1. The summed E-state index contributed by atoms with van der Waals surface area (Å²) in [6.45, 7) is 0. The van der Waals surface area contributed by atoms with E-state index in [0.717, 1.165) is 11.1 Å². The van der Waals surface area contributed by atoms with Gasteiger partial charge in [0.25, 0.3) is 0 Å². The zero-order valence-electron chi connectivity index (χ0n) is 10.8. The predicted octanol–water partition coefficient (Wildman–Crippen LogP) is 3.01. The molecule has 4 heteroatoms. The molecule has 0 aliphatic heterocycles. The highest BCUT2D eigenvalue weighted by Crippen LogP contribution is 2.24. The molecule has 0 fully saturated rings. The number of benzene rings is 2. The van der Waals surface area contributed by atoms with Gasteiger partial charge in [0.1, 0.15) is 11.4 Å². The van der Waals surface area contributed by atoms with Gasteiger partial charge in [-0.2, -0.15) is 0 Å². The highest BCUT2D eigenvalue weighted by molar-refractivity contribution is 5.60. The summed E-state index contributed by atoms with van der Waals surface area (Å²) in [7, 11) is 0. The lowest BCUT2D eigenvalue weighted by Gasteiger charge is -2.09. The van der Waals surface area contributed by atoms with Crippen molar-refractivity contribution in [3.05, 3.63) is 71.9 Å². The van der Waals surface area contributed by atoms with Crippen LogP contribution in [-0.2, 0) is 6.42 Å². The second kappa shape index (κ2) is 5.67. The topological polar surface area (TPSA) is 59.2 Å². The summed E-state index contributed by atoms with van der Waals surface area (Å²) < 4.78 is 4.83. The van der Waals surface area contributed by atoms with Crippen molar-refractivity contribution in [1.82, 2.24) is 10.3 Å². The summed E-state index contributed by atoms with van der Waals surface area (Å²) >= 11 is 0. The average molecular weight is 266 g/mol. The van der Waals surface area contributed by atoms with Crippen molar-refractivity contribution in [3.63, 3.8) is 0 Å². The van der Waals surface area contributed by atoms with E-state index in [9.17, 15) is 5.11 Å². The van der Waals surface area contributed by atoms with Crippen molar-refractivity contribution in [2.24, 2.45) is 0 Å². The number of hydrogen-bond acceptors (Lipinski definition) is 4. The third-order valence-electron chi connectivity index (χ3n) is 3.17. The van der Waals surface area contributed by atoms with Gasteiger partial charge < -0.3 is 5.11 Å². The van der Waals surface area contributed by atoms with Gasteiger partial charge in [0.05, 0.1) is 6.10 Å². The van der Waals surface area contributed by atoms with E-state index in [0.29, 0.717) is 17.8 Å². The van der Waals surface area contributed by atoms with Crippen LogP contribution >= 0.6 is 0 Å². The first-order valence-electron chi connectivity index (χ1n) is 6.44. The van der Waals surface area contributed by atoms with Gasteiger partial charge in [0, 0.05) is 12.0 Å². The molecule has 1 aromatic heterocycles. The Morgan fingerprint density at radius 1 is 0.900 bits per heavy atom. The summed E-state index contributed by atoms with van der Waals surface area (Å²) in [6.07, 6.45) is -0.247. The molecule has 20 heavy (non-hydrogen) atoms. The third kappa shape index (κ3) is 2.60. The fourth-order valence-corrected chi connectivity index (χ4v) is 2.13. The molecule has 0 saturated heterocycles. The molecule has 0 radical (unpaired) electrons. The van der Waals surface area contributed by atoms with Crippen LogP contribution in [0.15, 0.2) is 65.3 Å². The lowest BCUT2D eigenvalue weighted by molar-refractivity contribution is 0.175. The van der Waals surface area contributed by atoms with Gasteiger partial charge >= 0.3 is 0 Å². The highest BCUT2D eigenvalue weighted by atomic mass is 16.6. The molecule has 2 aromatic carbocycles. The minimum Gasteiger partial charge on any atom is -0.388 e. The Kier molecular flexibility index (Phi) is 3.56. The van der Waals surface area contributed by atoms with Crippen LogP contribution in [0, 0.1) is 0 Å². The summed E-state index contributed by atoms with van der Waals surface area (Å²) in [5.41, 5.74) is 3.13. The highest BCUT2D eigenvalue weighted by Gasteiger charge is 2.17. The molecular weight excluding hydrogens is 252 g/mol. The van der Waals surface area contributed by atoms with Crippen LogP contribution in [0.4, 0.5) is 0 Å². The largest absolute Gasteiger partial charge is 0.388 e. The first-order chi connectivity index (χ1) is 9.84. The molecule has 3 rings (SSSR count). The van der Waals surface area contributed by atoms with E-state index >= 15 is 0 Å². The summed E-state index contributed by atoms with van der Waals surface area (Å²) in [5.74, 6) is 0. The van der Waals surface area contributed by atoms with Gasteiger partial charge in [0.15, 0.2) is 0 Å². The van der Waals surface area contributed by atoms with Gasteiger partial charge in [-0.15, -0.1) is 0 Å². The number of aliphatic hydroxyl groups excluding tert-OH is 1. The number of rotatable bonds is 4. The lowest BCUT2D eigenvalue weighted by Crippen LogP contribution is -2.03. The molecule has 0 aliphatic rings. The van der Waals surface area contributed by atoms with Crippen molar-refractivity contribution >= 4 is 0 Å². The summed E-state index contributed by atoms with van der Waals surface area (Å²) in [5, 5.41) is 18.1. The minimum atomic E-state index is -0.620. The molecule has 0 bridgehead atoms. The molecule has 100 valence electrons. The molecule has 1 heterocycles. The third-order valence-corrected chi connectivity index (χ3v) is 3.17. The Morgan fingerprint density at radius 3 is 2.25 bits per heavy atom. The normalized spacial score (nSPS) is 12.2. The van der Waals surface area contributed by atoms with Crippen LogP contribution in [-0.4, -0.2) is 15.4 Å². The van der Waals surface area contributed by atoms with Crippen molar-refractivity contribution in [3.8, 4) is 11.3 Å². The Balaban J connectivity index is 1.84. The molecule has 0 spiro atoms. The van der Waals surface area contributed by atoms with Crippen LogP contribution < -0.4 is 0 Å². The molecule has 0 amide bonds. The Bertz CT molecular complexity index is 665. The monoisotopic (exact) mass is 266 g/mol. The molecule has 1 atom stereocenters. The molecule has 0 aliphatic carbocycles. The summed E-state index contributed by atoms with van der Waals surface area (Å²) in [6, 6.07) is 19.2. The van der Waals surface area contributed by atoms with Crippen LogP contribution in [0.2, 0.25) is 0 Å². The second-order valence-electron chi connectivity index (χ2n) is 4.56. The Labute approximate surface area is 116 Å². The standard InChI is InChI=1S/C16H14N2O2/c19-15(12-7-3-1-4-8-12)11-14-16(18-20-17-14)13-9-5-2-6-10-13/h1-10,15,19H,11H2.